The third-order valence-corrected chi connectivity index (χ3v) is 4.46. The van der Waals surface area contributed by atoms with Gasteiger partial charge in [0.2, 0.25) is 5.91 Å². The van der Waals surface area contributed by atoms with Gasteiger partial charge in [-0.1, -0.05) is 0 Å². The minimum Gasteiger partial charge on any atom is -0.494 e. The zero-order valence-corrected chi connectivity index (χ0v) is 14.7. The lowest BCUT2D eigenvalue weighted by atomic mass is 10.1. The smallest absolute Gasteiger partial charge is 0.253 e. The van der Waals surface area contributed by atoms with Gasteiger partial charge in [-0.05, 0) is 44.0 Å². The normalized spacial score (nSPS) is 17.0. The SMILES string of the molecule is CCOc1ccc2[nH]c(=O)c(CN(C[C@@H]3CCCO3)C(C)=O)cc2c1. The van der Waals surface area contributed by atoms with Gasteiger partial charge in [0.15, 0.2) is 0 Å². The fourth-order valence-electron chi connectivity index (χ4n) is 3.15. The highest BCUT2D eigenvalue weighted by atomic mass is 16.5. The van der Waals surface area contributed by atoms with Crippen molar-refractivity contribution in [1.82, 2.24) is 9.88 Å². The monoisotopic (exact) mass is 344 g/mol. The standard InChI is InChI=1S/C19H24N2O4/c1-3-24-16-6-7-18-14(10-16)9-15(19(23)20-18)11-21(13(2)22)12-17-5-4-8-25-17/h6-7,9-10,17H,3-5,8,11-12H2,1-2H3,(H,20,23)/t17-/m0/s1. The summed E-state index contributed by atoms with van der Waals surface area (Å²) < 4.78 is 11.1. The van der Waals surface area contributed by atoms with E-state index < -0.39 is 0 Å². The summed E-state index contributed by atoms with van der Waals surface area (Å²) in [5.74, 6) is 0.703. The first-order valence-electron chi connectivity index (χ1n) is 8.72. The van der Waals surface area contributed by atoms with E-state index in [2.05, 4.69) is 4.98 Å². The molecule has 3 rings (SSSR count). The van der Waals surface area contributed by atoms with Crippen molar-refractivity contribution < 1.29 is 14.3 Å². The summed E-state index contributed by atoms with van der Waals surface area (Å²) in [7, 11) is 0. The number of fused-ring (bicyclic) bond motifs is 1. The third-order valence-electron chi connectivity index (χ3n) is 4.46. The second-order valence-corrected chi connectivity index (χ2v) is 6.34. The molecule has 6 heteroatoms. The Morgan fingerprint density at radius 2 is 2.24 bits per heavy atom. The molecule has 1 N–H and O–H groups in total. The summed E-state index contributed by atoms with van der Waals surface area (Å²) in [5, 5.41) is 0.890. The molecule has 2 aromatic rings. The van der Waals surface area contributed by atoms with Gasteiger partial charge in [0.1, 0.15) is 5.75 Å². The van der Waals surface area contributed by atoms with Gasteiger partial charge in [-0.2, -0.15) is 0 Å². The molecule has 1 aliphatic heterocycles. The Morgan fingerprint density at radius 3 is 2.92 bits per heavy atom. The van der Waals surface area contributed by atoms with Crippen LogP contribution in [0.3, 0.4) is 0 Å². The summed E-state index contributed by atoms with van der Waals surface area (Å²) in [6.07, 6.45) is 2.04. The maximum atomic E-state index is 12.4. The number of aromatic nitrogens is 1. The van der Waals surface area contributed by atoms with E-state index in [1.807, 2.05) is 31.2 Å². The van der Waals surface area contributed by atoms with Gasteiger partial charge < -0.3 is 19.4 Å². The van der Waals surface area contributed by atoms with Crippen LogP contribution in [0.15, 0.2) is 29.1 Å². The number of carbonyl (C=O) groups excluding carboxylic acids is 1. The average molecular weight is 344 g/mol. The van der Waals surface area contributed by atoms with E-state index in [9.17, 15) is 9.59 Å². The molecule has 0 saturated carbocycles. The van der Waals surface area contributed by atoms with Crippen LogP contribution in [-0.2, 0) is 16.1 Å². The van der Waals surface area contributed by atoms with E-state index >= 15 is 0 Å². The van der Waals surface area contributed by atoms with Crippen LogP contribution in [0, 0.1) is 0 Å². The van der Waals surface area contributed by atoms with Crippen molar-refractivity contribution in [3.05, 3.63) is 40.2 Å². The lowest BCUT2D eigenvalue weighted by Crippen LogP contribution is -2.36. The van der Waals surface area contributed by atoms with Crippen LogP contribution in [0.5, 0.6) is 5.75 Å². The van der Waals surface area contributed by atoms with Crippen LogP contribution in [-0.4, -0.2) is 41.7 Å². The molecule has 0 spiro atoms. The third kappa shape index (κ3) is 4.20. The lowest BCUT2D eigenvalue weighted by Gasteiger charge is -2.24. The molecule has 1 aromatic heterocycles. The minimum absolute atomic E-state index is 0.0573. The molecule has 1 atom stereocenters. The van der Waals surface area contributed by atoms with Gasteiger partial charge in [-0.25, -0.2) is 0 Å². The largest absolute Gasteiger partial charge is 0.494 e. The maximum Gasteiger partial charge on any atom is 0.253 e. The van der Waals surface area contributed by atoms with Crippen molar-refractivity contribution in [2.24, 2.45) is 0 Å². The molecule has 1 saturated heterocycles. The molecule has 1 fully saturated rings. The molecular formula is C19H24N2O4. The summed E-state index contributed by atoms with van der Waals surface area (Å²) in [4.78, 5) is 28.9. The van der Waals surface area contributed by atoms with Gasteiger partial charge in [-0.3, -0.25) is 9.59 Å². The number of pyridine rings is 1. The van der Waals surface area contributed by atoms with E-state index in [4.69, 9.17) is 9.47 Å². The van der Waals surface area contributed by atoms with E-state index in [1.54, 1.807) is 4.90 Å². The molecule has 0 bridgehead atoms. The molecule has 25 heavy (non-hydrogen) atoms. The number of nitrogens with one attached hydrogen (secondary N) is 1. The molecular weight excluding hydrogens is 320 g/mol. The van der Waals surface area contributed by atoms with E-state index in [-0.39, 0.29) is 24.1 Å². The molecule has 1 aliphatic rings. The van der Waals surface area contributed by atoms with Gasteiger partial charge >= 0.3 is 0 Å². The zero-order valence-electron chi connectivity index (χ0n) is 14.7. The lowest BCUT2D eigenvalue weighted by molar-refractivity contribution is -0.131. The summed E-state index contributed by atoms with van der Waals surface area (Å²) in [6, 6.07) is 7.40. The maximum absolute atomic E-state index is 12.4. The number of benzene rings is 1. The Hall–Kier alpha value is -2.34. The number of aromatic amines is 1. The molecule has 134 valence electrons. The number of hydrogen-bond donors (Lipinski definition) is 1. The second-order valence-electron chi connectivity index (χ2n) is 6.34. The number of rotatable bonds is 6. The van der Waals surface area contributed by atoms with Crippen molar-refractivity contribution in [1.29, 1.82) is 0 Å². The molecule has 1 aromatic carbocycles. The molecule has 0 aliphatic carbocycles. The van der Waals surface area contributed by atoms with Crippen molar-refractivity contribution in [2.45, 2.75) is 39.3 Å². The van der Waals surface area contributed by atoms with E-state index in [1.165, 1.54) is 6.92 Å². The first-order chi connectivity index (χ1) is 12.1. The Kier molecular flexibility index (Phi) is 5.38. The van der Waals surface area contributed by atoms with E-state index in [0.717, 1.165) is 36.1 Å². The number of hydrogen-bond acceptors (Lipinski definition) is 4. The fourth-order valence-corrected chi connectivity index (χ4v) is 3.15. The van der Waals surface area contributed by atoms with Crippen molar-refractivity contribution in [3.8, 4) is 5.75 Å². The van der Waals surface area contributed by atoms with Gasteiger partial charge in [-0.15, -0.1) is 0 Å². The molecule has 0 unspecified atom stereocenters. The zero-order chi connectivity index (χ0) is 17.8. The number of ether oxygens (including phenoxy) is 2. The first kappa shape index (κ1) is 17.5. The second kappa shape index (κ2) is 7.70. The van der Waals surface area contributed by atoms with Gasteiger partial charge in [0.25, 0.3) is 5.56 Å². The Balaban J connectivity index is 1.85. The molecule has 1 amide bonds. The number of carbonyl (C=O) groups is 1. The molecule has 2 heterocycles. The van der Waals surface area contributed by atoms with Crippen LogP contribution in [0.2, 0.25) is 0 Å². The fraction of sp³-hybridized carbons (Fsp3) is 0.474. The van der Waals surface area contributed by atoms with Gasteiger partial charge in [0, 0.05) is 36.5 Å². The van der Waals surface area contributed by atoms with Crippen LogP contribution < -0.4 is 10.3 Å². The Morgan fingerprint density at radius 1 is 1.40 bits per heavy atom. The highest BCUT2D eigenvalue weighted by Gasteiger charge is 2.21. The van der Waals surface area contributed by atoms with Gasteiger partial charge in [0.05, 0.1) is 19.3 Å². The van der Waals surface area contributed by atoms with Crippen LogP contribution >= 0.6 is 0 Å². The summed E-state index contributed by atoms with van der Waals surface area (Å²) >= 11 is 0. The predicted octanol–water partition coefficient (Wildman–Crippen LogP) is 2.45. The van der Waals surface area contributed by atoms with Crippen LogP contribution in [0.1, 0.15) is 32.3 Å². The van der Waals surface area contributed by atoms with Crippen molar-refractivity contribution >= 4 is 16.8 Å². The highest BCUT2D eigenvalue weighted by molar-refractivity contribution is 5.80. The average Bonchev–Trinajstić information content (AvgIpc) is 3.08. The molecule has 0 radical (unpaired) electrons. The minimum atomic E-state index is -0.171. The Labute approximate surface area is 146 Å². The van der Waals surface area contributed by atoms with Crippen molar-refractivity contribution in [3.63, 3.8) is 0 Å². The van der Waals surface area contributed by atoms with Crippen molar-refractivity contribution in [2.75, 3.05) is 19.8 Å². The first-order valence-corrected chi connectivity index (χ1v) is 8.72. The van der Waals surface area contributed by atoms with E-state index in [0.29, 0.717) is 18.7 Å². The highest BCUT2D eigenvalue weighted by Crippen LogP contribution is 2.20. The number of nitrogens with zero attached hydrogens (tertiary/aromatic N) is 1. The Bertz CT molecular complexity index is 809. The topological polar surface area (TPSA) is 71.6 Å². The molecule has 6 nitrogen and oxygen atoms in total. The predicted molar refractivity (Wildman–Crippen MR) is 95.8 cm³/mol. The quantitative estimate of drug-likeness (QED) is 0.874. The summed E-state index contributed by atoms with van der Waals surface area (Å²) in [5.41, 5.74) is 1.15. The number of amides is 1. The van der Waals surface area contributed by atoms with Crippen LogP contribution in [0.25, 0.3) is 10.9 Å². The number of H-pyrrole nitrogens is 1. The summed E-state index contributed by atoms with van der Waals surface area (Å²) in [6.45, 7) is 5.58. The van der Waals surface area contributed by atoms with Crippen LogP contribution in [0.4, 0.5) is 0 Å².